The van der Waals surface area contributed by atoms with Crippen molar-refractivity contribution in [1.82, 2.24) is 4.90 Å². The molecule has 2 atom stereocenters. The Morgan fingerprint density at radius 3 is 2.71 bits per heavy atom. The van der Waals surface area contributed by atoms with E-state index in [1.165, 1.54) is 12.1 Å². The molecular formula is C17H20FN3O3. The molecular weight excluding hydrogens is 313 g/mol. The summed E-state index contributed by atoms with van der Waals surface area (Å²) < 4.78 is 13.6. The summed E-state index contributed by atoms with van der Waals surface area (Å²) in [7, 11) is 0. The van der Waals surface area contributed by atoms with Crippen molar-refractivity contribution in [1.29, 1.82) is 0 Å². The van der Waals surface area contributed by atoms with Crippen LogP contribution in [0.4, 0.5) is 15.8 Å². The first-order chi connectivity index (χ1) is 11.5. The molecule has 6 nitrogen and oxygen atoms in total. The predicted molar refractivity (Wildman–Crippen MR) is 86.3 cm³/mol. The molecule has 2 saturated heterocycles. The van der Waals surface area contributed by atoms with Crippen molar-refractivity contribution in [2.24, 2.45) is 5.92 Å². The fraction of sp³-hybridized carbons (Fsp3) is 0.588. The molecule has 2 heterocycles. The Labute approximate surface area is 139 Å². The lowest BCUT2D eigenvalue weighted by Gasteiger charge is -2.47. The highest BCUT2D eigenvalue weighted by molar-refractivity contribution is 5.78. The molecule has 0 N–H and O–H groups in total. The van der Waals surface area contributed by atoms with Gasteiger partial charge in [0.05, 0.1) is 4.92 Å². The Morgan fingerprint density at radius 2 is 2.00 bits per heavy atom. The lowest BCUT2D eigenvalue weighted by Crippen LogP contribution is -2.56. The number of rotatable bonds is 3. The number of amides is 1. The Balaban J connectivity index is 1.58. The number of hydrogen-bond acceptors (Lipinski definition) is 4. The zero-order valence-electron chi connectivity index (χ0n) is 13.4. The molecule has 0 spiro atoms. The van der Waals surface area contributed by atoms with E-state index in [1.807, 2.05) is 4.90 Å². The quantitative estimate of drug-likeness (QED) is 0.630. The van der Waals surface area contributed by atoms with Gasteiger partial charge in [-0.15, -0.1) is 0 Å². The van der Waals surface area contributed by atoms with E-state index >= 15 is 0 Å². The highest BCUT2D eigenvalue weighted by Gasteiger charge is 2.45. The molecule has 0 radical (unpaired) electrons. The first-order valence-electron chi connectivity index (χ1n) is 8.54. The van der Waals surface area contributed by atoms with Crippen LogP contribution in [-0.2, 0) is 4.79 Å². The van der Waals surface area contributed by atoms with E-state index in [9.17, 15) is 19.3 Å². The van der Waals surface area contributed by atoms with E-state index in [2.05, 4.69) is 4.90 Å². The van der Waals surface area contributed by atoms with Crippen molar-refractivity contribution < 1.29 is 14.1 Å². The number of hydrogen-bond donors (Lipinski definition) is 0. The Bertz CT molecular complexity index is 692. The topological polar surface area (TPSA) is 66.7 Å². The van der Waals surface area contributed by atoms with Gasteiger partial charge in [-0.25, -0.2) is 4.39 Å². The van der Waals surface area contributed by atoms with E-state index in [1.54, 1.807) is 0 Å². The van der Waals surface area contributed by atoms with Crippen molar-refractivity contribution in [3.63, 3.8) is 0 Å². The fourth-order valence-corrected chi connectivity index (χ4v) is 4.24. The highest BCUT2D eigenvalue weighted by Crippen LogP contribution is 2.41. The van der Waals surface area contributed by atoms with Crippen LogP contribution in [0.2, 0.25) is 0 Å². The summed E-state index contributed by atoms with van der Waals surface area (Å²) in [6.07, 6.45) is 4.34. The Morgan fingerprint density at radius 1 is 1.21 bits per heavy atom. The number of piperidine rings is 2. The van der Waals surface area contributed by atoms with Crippen LogP contribution in [0.1, 0.15) is 32.1 Å². The molecule has 2 aliphatic heterocycles. The van der Waals surface area contributed by atoms with Crippen molar-refractivity contribution in [2.75, 3.05) is 18.0 Å². The maximum Gasteiger partial charge on any atom is 0.292 e. The maximum absolute atomic E-state index is 13.6. The molecule has 0 bridgehead atoms. The van der Waals surface area contributed by atoms with E-state index in [0.29, 0.717) is 37.2 Å². The molecule has 3 aliphatic rings. The van der Waals surface area contributed by atoms with Gasteiger partial charge in [0, 0.05) is 43.7 Å². The zero-order valence-corrected chi connectivity index (χ0v) is 13.4. The Hall–Kier alpha value is -2.18. The minimum atomic E-state index is -0.462. The van der Waals surface area contributed by atoms with Gasteiger partial charge in [-0.1, -0.05) is 0 Å². The van der Waals surface area contributed by atoms with Crippen LogP contribution in [0.3, 0.4) is 0 Å². The lowest BCUT2D eigenvalue weighted by molar-refractivity contribution is -0.384. The van der Waals surface area contributed by atoms with E-state index in [0.717, 1.165) is 31.7 Å². The van der Waals surface area contributed by atoms with Gasteiger partial charge in [0.2, 0.25) is 5.91 Å². The van der Waals surface area contributed by atoms with Crippen molar-refractivity contribution in [3.8, 4) is 0 Å². The van der Waals surface area contributed by atoms with Crippen LogP contribution in [0.15, 0.2) is 18.2 Å². The number of nitrogens with zero attached hydrogens (tertiary/aromatic N) is 3. The summed E-state index contributed by atoms with van der Waals surface area (Å²) in [5.41, 5.74) is 0.300. The number of nitro benzene ring substituents is 1. The highest BCUT2D eigenvalue weighted by atomic mass is 19.1. The number of benzene rings is 1. The number of halogens is 1. The number of anilines is 1. The second-order valence-corrected chi connectivity index (χ2v) is 7.02. The van der Waals surface area contributed by atoms with Gasteiger partial charge >= 0.3 is 0 Å². The van der Waals surface area contributed by atoms with Crippen LogP contribution in [-0.4, -0.2) is 40.9 Å². The summed E-state index contributed by atoms with van der Waals surface area (Å²) in [6.45, 7) is 1.26. The van der Waals surface area contributed by atoms with Gasteiger partial charge in [0.15, 0.2) is 0 Å². The van der Waals surface area contributed by atoms with E-state index in [4.69, 9.17) is 0 Å². The van der Waals surface area contributed by atoms with Gasteiger partial charge in [-0.05, 0) is 37.7 Å². The molecule has 7 heteroatoms. The van der Waals surface area contributed by atoms with Gasteiger partial charge in [0.1, 0.15) is 11.5 Å². The zero-order chi connectivity index (χ0) is 16.8. The van der Waals surface area contributed by atoms with Gasteiger partial charge in [-0.2, -0.15) is 0 Å². The molecule has 24 heavy (non-hydrogen) atoms. The average molecular weight is 333 g/mol. The van der Waals surface area contributed by atoms with Crippen molar-refractivity contribution in [2.45, 2.75) is 44.2 Å². The molecule has 1 amide bonds. The third kappa shape index (κ3) is 2.61. The third-order valence-corrected chi connectivity index (χ3v) is 5.48. The fourth-order valence-electron chi connectivity index (χ4n) is 4.24. The van der Waals surface area contributed by atoms with Crippen LogP contribution in [0.25, 0.3) is 0 Å². The van der Waals surface area contributed by atoms with E-state index in [-0.39, 0.29) is 17.6 Å². The summed E-state index contributed by atoms with van der Waals surface area (Å²) in [5, 5.41) is 11.3. The first-order valence-corrected chi connectivity index (χ1v) is 8.54. The number of likely N-dealkylation sites (tertiary alicyclic amines) is 1. The van der Waals surface area contributed by atoms with Crippen LogP contribution in [0.5, 0.6) is 0 Å². The SMILES string of the molecule is O=C1CC[C@H]2CN(c3cc(F)ccc3[N+](=O)[O-])CC[C@H]2N1C1CC1. The summed E-state index contributed by atoms with van der Waals surface area (Å²) >= 11 is 0. The molecule has 4 rings (SSSR count). The summed E-state index contributed by atoms with van der Waals surface area (Å²) in [5.74, 6) is 0.0972. The largest absolute Gasteiger partial charge is 0.365 e. The van der Waals surface area contributed by atoms with Crippen LogP contribution in [0, 0.1) is 21.8 Å². The number of nitro groups is 1. The summed E-state index contributed by atoms with van der Waals surface area (Å²) in [6, 6.07) is 4.26. The number of carbonyl (C=O) groups is 1. The Kier molecular flexibility index (Phi) is 3.66. The van der Waals surface area contributed by atoms with Crippen LogP contribution < -0.4 is 4.90 Å². The van der Waals surface area contributed by atoms with Crippen molar-refractivity contribution >= 4 is 17.3 Å². The predicted octanol–water partition coefficient (Wildman–Crippen LogP) is 2.71. The average Bonchev–Trinajstić information content (AvgIpc) is 3.38. The molecule has 3 fully saturated rings. The lowest BCUT2D eigenvalue weighted by atomic mass is 9.83. The van der Waals surface area contributed by atoms with Crippen LogP contribution >= 0.6 is 0 Å². The second-order valence-electron chi connectivity index (χ2n) is 7.02. The molecule has 1 aromatic rings. The minimum Gasteiger partial charge on any atom is -0.365 e. The van der Waals surface area contributed by atoms with Gasteiger partial charge in [-0.3, -0.25) is 14.9 Å². The standard InChI is InChI=1S/C17H20FN3O3/c18-12-2-5-15(21(23)24)16(9-12)19-8-7-14-11(10-19)1-6-17(22)20(14)13-3-4-13/h2,5,9,11,13-14H,1,3-4,6-8,10H2/t11-,14+/m0/s1. The molecule has 0 unspecified atom stereocenters. The normalized spacial score (nSPS) is 27.1. The first kappa shape index (κ1) is 15.4. The minimum absolute atomic E-state index is 0.0548. The molecule has 0 aromatic heterocycles. The number of fused-ring (bicyclic) bond motifs is 1. The second kappa shape index (κ2) is 5.72. The molecule has 1 aliphatic carbocycles. The molecule has 1 saturated carbocycles. The molecule has 1 aromatic carbocycles. The monoisotopic (exact) mass is 333 g/mol. The smallest absolute Gasteiger partial charge is 0.292 e. The molecule has 128 valence electrons. The van der Waals surface area contributed by atoms with Crippen molar-refractivity contribution in [3.05, 3.63) is 34.1 Å². The summed E-state index contributed by atoms with van der Waals surface area (Å²) in [4.78, 5) is 27.0. The van der Waals surface area contributed by atoms with Gasteiger partial charge < -0.3 is 9.80 Å². The number of carbonyl (C=O) groups excluding carboxylic acids is 1. The maximum atomic E-state index is 13.6. The van der Waals surface area contributed by atoms with Gasteiger partial charge in [0.25, 0.3) is 5.69 Å². The van der Waals surface area contributed by atoms with E-state index < -0.39 is 10.7 Å². The third-order valence-electron chi connectivity index (χ3n) is 5.48.